The van der Waals surface area contributed by atoms with Crippen molar-refractivity contribution in [2.24, 2.45) is 5.14 Å². The van der Waals surface area contributed by atoms with E-state index in [0.717, 1.165) is 16.4 Å². The van der Waals surface area contributed by atoms with Gasteiger partial charge < -0.3 is 0 Å². The molecule has 0 aliphatic carbocycles. The van der Waals surface area contributed by atoms with Gasteiger partial charge in [0, 0.05) is 21.8 Å². The van der Waals surface area contributed by atoms with Crippen LogP contribution in [-0.4, -0.2) is 18.2 Å². The van der Waals surface area contributed by atoms with Gasteiger partial charge in [0.2, 0.25) is 10.0 Å². The Morgan fingerprint density at radius 2 is 1.76 bits per heavy atom. The largest absolute Gasteiger partial charge is 0.435 e. The van der Waals surface area contributed by atoms with Gasteiger partial charge in [-0.2, -0.15) is 18.3 Å². The first-order valence-corrected chi connectivity index (χ1v) is 11.2. The molecule has 1 aliphatic heterocycles. The maximum atomic E-state index is 13.6. The zero-order chi connectivity index (χ0) is 21.1. The van der Waals surface area contributed by atoms with Crippen LogP contribution in [0.3, 0.4) is 0 Å². The first-order valence-electron chi connectivity index (χ1n) is 7.92. The van der Waals surface area contributed by atoms with Crippen molar-refractivity contribution in [2.75, 3.05) is 0 Å². The Hall–Kier alpha value is -1.72. The van der Waals surface area contributed by atoms with E-state index in [9.17, 15) is 21.6 Å². The monoisotopic (exact) mass is 479 g/mol. The number of nitrogens with two attached hydrogens (primary N) is 1. The highest BCUT2D eigenvalue weighted by Crippen LogP contribution is 2.50. The second-order valence-corrected chi connectivity index (χ2v) is 9.48. The Labute approximate surface area is 177 Å². The quantitative estimate of drug-likeness (QED) is 0.553. The topological polar surface area (TPSA) is 78.0 Å². The van der Waals surface area contributed by atoms with Crippen molar-refractivity contribution in [3.8, 4) is 16.9 Å². The molecule has 4 rings (SSSR count). The van der Waals surface area contributed by atoms with Crippen molar-refractivity contribution in [1.29, 1.82) is 0 Å². The molecule has 3 aromatic rings. The number of rotatable bonds is 2. The molecule has 1 aromatic heterocycles. The molecule has 152 valence electrons. The molecule has 0 saturated carbocycles. The van der Waals surface area contributed by atoms with Gasteiger partial charge in [-0.3, -0.25) is 0 Å². The summed E-state index contributed by atoms with van der Waals surface area (Å²) in [5.74, 6) is 0.00645. The van der Waals surface area contributed by atoms with Crippen LogP contribution in [0.4, 0.5) is 13.2 Å². The number of thioether (sulfide) groups is 1. The fourth-order valence-electron chi connectivity index (χ4n) is 3.06. The number of benzene rings is 2. The van der Waals surface area contributed by atoms with Gasteiger partial charge in [-0.1, -0.05) is 29.3 Å². The van der Waals surface area contributed by atoms with Crippen LogP contribution in [0.1, 0.15) is 11.3 Å². The number of nitrogens with zero attached hydrogens (tertiary/aromatic N) is 2. The number of hydrogen-bond acceptors (Lipinski definition) is 4. The average Bonchev–Trinajstić information content (AvgIpc) is 3.04. The number of halogens is 5. The first kappa shape index (κ1) is 20.5. The first-order chi connectivity index (χ1) is 13.5. The van der Waals surface area contributed by atoms with Gasteiger partial charge in [0.1, 0.15) is 0 Å². The molecule has 0 amide bonds. The lowest BCUT2D eigenvalue weighted by Gasteiger charge is -2.20. The number of fused-ring (bicyclic) bond motifs is 3. The minimum absolute atomic E-state index is 0.00645. The summed E-state index contributed by atoms with van der Waals surface area (Å²) < 4.78 is 64.9. The van der Waals surface area contributed by atoms with Crippen molar-refractivity contribution in [1.82, 2.24) is 9.78 Å². The number of alkyl halides is 3. The van der Waals surface area contributed by atoms with Gasteiger partial charge in [0.05, 0.1) is 26.3 Å². The summed E-state index contributed by atoms with van der Waals surface area (Å²) >= 11 is 13.5. The van der Waals surface area contributed by atoms with Crippen LogP contribution in [0, 0.1) is 0 Å². The molecule has 0 unspecified atom stereocenters. The molecule has 12 heteroatoms. The van der Waals surface area contributed by atoms with Crippen LogP contribution < -0.4 is 5.14 Å². The van der Waals surface area contributed by atoms with Gasteiger partial charge >= 0.3 is 6.18 Å². The zero-order valence-corrected chi connectivity index (χ0v) is 17.3. The minimum atomic E-state index is -4.66. The molecule has 0 atom stereocenters. The number of hydrogen-bond donors (Lipinski definition) is 1. The third-order valence-electron chi connectivity index (χ3n) is 4.33. The van der Waals surface area contributed by atoms with E-state index in [1.807, 2.05) is 0 Å². The van der Waals surface area contributed by atoms with Crippen LogP contribution in [0.5, 0.6) is 0 Å². The highest BCUT2D eigenvalue weighted by molar-refractivity contribution is 7.98. The minimum Gasteiger partial charge on any atom is -0.232 e. The molecule has 2 heterocycles. The Balaban J connectivity index is 1.99. The third kappa shape index (κ3) is 3.53. The normalized spacial score (nSPS) is 13.9. The molecule has 0 fully saturated rings. The third-order valence-corrected chi connectivity index (χ3v) is 7.32. The lowest BCUT2D eigenvalue weighted by Crippen LogP contribution is -2.12. The highest BCUT2D eigenvalue weighted by atomic mass is 35.5. The Morgan fingerprint density at radius 1 is 1.10 bits per heavy atom. The Bertz CT molecular complexity index is 1240. The van der Waals surface area contributed by atoms with E-state index in [0.29, 0.717) is 15.5 Å². The van der Waals surface area contributed by atoms with Crippen molar-refractivity contribution < 1.29 is 21.6 Å². The lowest BCUT2D eigenvalue weighted by atomic mass is 10.1. The van der Waals surface area contributed by atoms with Crippen LogP contribution in [-0.2, 0) is 22.0 Å². The molecule has 5 nitrogen and oxygen atoms in total. The molecule has 0 saturated heterocycles. The van der Waals surface area contributed by atoms with E-state index in [2.05, 4.69) is 5.10 Å². The maximum Gasteiger partial charge on any atom is 0.435 e. The van der Waals surface area contributed by atoms with Gasteiger partial charge in [0.25, 0.3) is 0 Å². The smallest absolute Gasteiger partial charge is 0.232 e. The van der Waals surface area contributed by atoms with Crippen molar-refractivity contribution in [2.45, 2.75) is 21.7 Å². The van der Waals surface area contributed by atoms with E-state index >= 15 is 0 Å². The molecule has 0 radical (unpaired) electrons. The number of aromatic nitrogens is 2. The second-order valence-electron chi connectivity index (χ2n) is 6.15. The van der Waals surface area contributed by atoms with Crippen LogP contribution in [0.2, 0.25) is 10.0 Å². The predicted octanol–water partition coefficient (Wildman–Crippen LogP) is 5.12. The van der Waals surface area contributed by atoms with Gasteiger partial charge in [-0.05, 0) is 30.3 Å². The fraction of sp³-hybridized carbons (Fsp3) is 0.118. The van der Waals surface area contributed by atoms with E-state index in [1.54, 1.807) is 6.07 Å². The van der Waals surface area contributed by atoms with Crippen molar-refractivity contribution >= 4 is 45.0 Å². The van der Waals surface area contributed by atoms with Crippen molar-refractivity contribution in [3.05, 3.63) is 57.7 Å². The summed E-state index contributed by atoms with van der Waals surface area (Å²) in [7, 11) is -3.94. The summed E-state index contributed by atoms with van der Waals surface area (Å²) in [4.78, 5) is 0.395. The van der Waals surface area contributed by atoms with Crippen LogP contribution in [0.15, 0.2) is 46.2 Å². The summed E-state index contributed by atoms with van der Waals surface area (Å²) in [6.45, 7) is 0. The van der Waals surface area contributed by atoms with E-state index in [4.69, 9.17) is 28.3 Å². The Morgan fingerprint density at radius 3 is 2.34 bits per heavy atom. The lowest BCUT2D eigenvalue weighted by molar-refractivity contribution is -0.141. The Kier molecular flexibility index (Phi) is 4.90. The zero-order valence-electron chi connectivity index (χ0n) is 14.2. The van der Waals surface area contributed by atoms with E-state index in [1.165, 1.54) is 30.3 Å². The van der Waals surface area contributed by atoms with Crippen molar-refractivity contribution in [3.63, 3.8) is 0 Å². The maximum absolute atomic E-state index is 13.6. The second kappa shape index (κ2) is 6.92. The molecular weight excluding hydrogens is 470 g/mol. The summed E-state index contributed by atoms with van der Waals surface area (Å²) in [6.07, 6.45) is -4.66. The summed E-state index contributed by atoms with van der Waals surface area (Å²) in [6, 6.07) is 8.19. The highest BCUT2D eigenvalue weighted by Gasteiger charge is 2.41. The van der Waals surface area contributed by atoms with Gasteiger partial charge in [-0.25, -0.2) is 18.2 Å². The van der Waals surface area contributed by atoms with Crippen LogP contribution in [0.25, 0.3) is 16.9 Å². The molecule has 2 N–H and O–H groups in total. The number of primary sulfonamides is 1. The predicted molar refractivity (Wildman–Crippen MR) is 105 cm³/mol. The summed E-state index contributed by atoms with van der Waals surface area (Å²) in [5.41, 5.74) is -0.0543. The van der Waals surface area contributed by atoms with E-state index in [-0.39, 0.29) is 32.6 Å². The number of sulfonamides is 1. The standard InChI is InChI=1S/C17H10Cl2F3N3O2S2/c18-12-6-5-10-14-11(7-28-15(10)13(12)19)16(17(20,21)22)24-25(14)8-1-3-9(4-2-8)29(23,26)27/h1-6H,7H2,(H2,23,26,27). The molecule has 0 bridgehead atoms. The SMILES string of the molecule is NS(=O)(=O)c1ccc(-n2nc(C(F)(F)F)c3c2-c2ccc(Cl)c(Cl)c2SC3)cc1. The molecule has 29 heavy (non-hydrogen) atoms. The molecular formula is C17H10Cl2F3N3O2S2. The average molecular weight is 480 g/mol. The molecule has 1 aliphatic rings. The van der Waals surface area contributed by atoms with E-state index < -0.39 is 21.9 Å². The molecule has 0 spiro atoms. The van der Waals surface area contributed by atoms with Gasteiger partial charge in [-0.15, -0.1) is 11.8 Å². The van der Waals surface area contributed by atoms with Gasteiger partial charge in [0.15, 0.2) is 5.69 Å². The summed E-state index contributed by atoms with van der Waals surface area (Å²) in [5, 5.41) is 9.43. The van der Waals surface area contributed by atoms with Crippen LogP contribution >= 0.6 is 35.0 Å². The molecule has 2 aromatic carbocycles. The fourth-order valence-corrected chi connectivity index (χ4v) is 5.24.